The third kappa shape index (κ3) is 5.66. The van der Waals surface area contributed by atoms with E-state index in [1.165, 1.54) is 5.56 Å². The molecule has 3 aliphatic carbocycles. The van der Waals surface area contributed by atoms with Crippen LogP contribution in [0.5, 0.6) is 0 Å². The van der Waals surface area contributed by atoms with Crippen LogP contribution in [0.2, 0.25) is 0 Å². The van der Waals surface area contributed by atoms with Gasteiger partial charge in [0.05, 0.1) is 18.0 Å². The Morgan fingerprint density at radius 2 is 1.77 bits per heavy atom. The van der Waals surface area contributed by atoms with Crippen molar-refractivity contribution in [3.63, 3.8) is 0 Å². The van der Waals surface area contributed by atoms with Crippen molar-refractivity contribution in [1.82, 2.24) is 41.5 Å². The lowest BCUT2D eigenvalue weighted by molar-refractivity contribution is -0.131. The number of hydrogen-bond acceptors (Lipinski definition) is 8. The van der Waals surface area contributed by atoms with E-state index in [0.717, 1.165) is 79.4 Å². The van der Waals surface area contributed by atoms with E-state index in [1.807, 2.05) is 24.0 Å². The molecule has 0 spiro atoms. The van der Waals surface area contributed by atoms with Crippen LogP contribution in [0.25, 0.3) is 5.70 Å². The average molecular weight is 648 g/mol. The molecule has 2 aromatic carbocycles. The number of nitrogens with one attached hydrogen (secondary N) is 4. The van der Waals surface area contributed by atoms with Gasteiger partial charge >= 0.3 is 0 Å². The summed E-state index contributed by atoms with van der Waals surface area (Å²) in [6.07, 6.45) is 7.18. The molecule has 4 aliphatic rings. The van der Waals surface area contributed by atoms with E-state index in [2.05, 4.69) is 80.4 Å². The lowest BCUT2D eigenvalue weighted by Gasteiger charge is -2.42. The molecule has 4 N–H and O–H groups in total. The summed E-state index contributed by atoms with van der Waals surface area (Å²) in [5.74, 6) is 1.32. The molecular formula is C37H45N9O2. The van der Waals surface area contributed by atoms with Gasteiger partial charge in [0.25, 0.3) is 5.91 Å². The number of aryl methyl sites for hydroxylation is 2. The fourth-order valence-corrected chi connectivity index (χ4v) is 8.47. The quantitative estimate of drug-likeness (QED) is 0.233. The summed E-state index contributed by atoms with van der Waals surface area (Å²) in [6, 6.07) is 14.7. The van der Waals surface area contributed by atoms with Crippen molar-refractivity contribution in [3.8, 4) is 6.07 Å². The van der Waals surface area contributed by atoms with Crippen LogP contribution in [0.15, 0.2) is 43.0 Å². The first-order chi connectivity index (χ1) is 23.4. The number of rotatable bonds is 12. The number of amides is 2. The molecule has 2 heterocycles. The van der Waals surface area contributed by atoms with Crippen molar-refractivity contribution >= 4 is 17.5 Å². The lowest BCUT2D eigenvalue weighted by atomic mass is 9.64. The number of likely N-dealkylation sites (tertiary alicyclic amines) is 1. The van der Waals surface area contributed by atoms with Crippen LogP contribution in [-0.4, -0.2) is 75.1 Å². The van der Waals surface area contributed by atoms with E-state index in [4.69, 9.17) is 0 Å². The number of piperidine rings is 1. The molecule has 3 fully saturated rings. The highest BCUT2D eigenvalue weighted by molar-refractivity contribution is 5.94. The smallest absolute Gasteiger partial charge is 0.251 e. The molecule has 3 aromatic rings. The maximum absolute atomic E-state index is 13.7. The highest BCUT2D eigenvalue weighted by Crippen LogP contribution is 2.50. The second-order valence-corrected chi connectivity index (χ2v) is 13.9. The number of nitriles is 1. The van der Waals surface area contributed by atoms with Crippen molar-refractivity contribution < 1.29 is 9.59 Å². The van der Waals surface area contributed by atoms with E-state index in [0.29, 0.717) is 36.2 Å². The molecule has 1 saturated heterocycles. The number of fused-ring (bicyclic) bond motifs is 3. The summed E-state index contributed by atoms with van der Waals surface area (Å²) in [7, 11) is 0. The van der Waals surface area contributed by atoms with E-state index >= 15 is 0 Å². The fraction of sp³-hybridized carbons (Fsp3) is 0.514. The van der Waals surface area contributed by atoms with Gasteiger partial charge in [-0.2, -0.15) is 10.5 Å². The zero-order valence-corrected chi connectivity index (χ0v) is 27.9. The molecule has 1 aromatic heterocycles. The van der Waals surface area contributed by atoms with Gasteiger partial charge in [-0.3, -0.25) is 9.59 Å². The lowest BCUT2D eigenvalue weighted by Crippen LogP contribution is -2.50. The second kappa shape index (κ2) is 13.2. The van der Waals surface area contributed by atoms with Crippen LogP contribution in [0.4, 0.5) is 0 Å². The molecule has 7 rings (SSSR count). The average Bonchev–Trinajstić information content (AvgIpc) is 3.45. The van der Waals surface area contributed by atoms with Gasteiger partial charge in [0.1, 0.15) is 6.04 Å². The number of hydrogen-bond donors (Lipinski definition) is 4. The highest BCUT2D eigenvalue weighted by Gasteiger charge is 2.54. The monoisotopic (exact) mass is 647 g/mol. The van der Waals surface area contributed by atoms with Gasteiger partial charge in [0, 0.05) is 36.4 Å². The van der Waals surface area contributed by atoms with Gasteiger partial charge in [-0.1, -0.05) is 36.4 Å². The number of carbonyl (C=O) groups excluding carboxylic acids is 2. The molecule has 0 radical (unpaired) electrons. The minimum Gasteiger partial charge on any atom is -0.385 e. The predicted molar refractivity (Wildman–Crippen MR) is 182 cm³/mol. The normalized spacial score (nSPS) is 24.6. The number of aromatic nitrogens is 4. The van der Waals surface area contributed by atoms with Gasteiger partial charge in [-0.15, -0.1) is 10.2 Å². The zero-order valence-electron chi connectivity index (χ0n) is 27.9. The Morgan fingerprint density at radius 3 is 2.40 bits per heavy atom. The first-order valence-corrected chi connectivity index (χ1v) is 17.5. The van der Waals surface area contributed by atoms with Crippen LogP contribution in [0.1, 0.15) is 96.4 Å². The Hall–Kier alpha value is -4.56. The Morgan fingerprint density at radius 1 is 1.06 bits per heavy atom. The van der Waals surface area contributed by atoms with E-state index in [1.54, 1.807) is 0 Å². The standard InChI is InChI=1S/C37H45N9O2/c1-4-39-22(3)24-11-13-30-25(15-24)9-10-26-16-27(35(48)40-5-2)12-14-31(26)37(30,36-42-44-45-43-36)19-32(23-7-6-8-23)41-21-34(47)46-29(20-38)17-28-18-33(28)46/h11-16,23,28-29,32-33,39,41H,3-10,17-19,21H2,1-2H3,(H,40,48)(H,42,43,44,45)/t28-,29?,32+,33+,37?/m1/s1. The van der Waals surface area contributed by atoms with Gasteiger partial charge in [0.15, 0.2) is 5.82 Å². The third-order valence-corrected chi connectivity index (χ3v) is 11.2. The maximum Gasteiger partial charge on any atom is 0.251 e. The molecule has 11 nitrogen and oxygen atoms in total. The minimum atomic E-state index is -0.813. The van der Waals surface area contributed by atoms with Crippen molar-refractivity contribution in [2.45, 2.75) is 88.8 Å². The molecule has 1 aliphatic heterocycles. The molecule has 2 saturated carbocycles. The summed E-state index contributed by atoms with van der Waals surface area (Å²) in [5, 5.41) is 35.9. The maximum atomic E-state index is 13.7. The fourth-order valence-electron chi connectivity index (χ4n) is 8.47. The third-order valence-electron chi connectivity index (χ3n) is 11.2. The molecule has 0 bridgehead atoms. The largest absolute Gasteiger partial charge is 0.385 e. The molecule has 2 unspecified atom stereocenters. The van der Waals surface area contributed by atoms with E-state index in [-0.39, 0.29) is 36.5 Å². The van der Waals surface area contributed by atoms with Gasteiger partial charge in [-0.05, 0) is 117 Å². The number of carbonyl (C=O) groups is 2. The summed E-state index contributed by atoms with van der Waals surface area (Å²) < 4.78 is 0. The van der Waals surface area contributed by atoms with E-state index < -0.39 is 5.41 Å². The van der Waals surface area contributed by atoms with Gasteiger partial charge in [0.2, 0.25) is 5.91 Å². The van der Waals surface area contributed by atoms with Crippen molar-refractivity contribution in [3.05, 3.63) is 82.2 Å². The van der Waals surface area contributed by atoms with Crippen molar-refractivity contribution in [2.75, 3.05) is 19.6 Å². The number of aromatic amines is 1. The Balaban J connectivity index is 1.32. The van der Waals surface area contributed by atoms with Gasteiger partial charge in [-0.25, -0.2) is 0 Å². The molecule has 250 valence electrons. The van der Waals surface area contributed by atoms with Crippen LogP contribution in [0.3, 0.4) is 0 Å². The van der Waals surface area contributed by atoms with Crippen LogP contribution in [-0.2, 0) is 23.1 Å². The summed E-state index contributed by atoms with van der Waals surface area (Å²) in [4.78, 5) is 28.5. The highest BCUT2D eigenvalue weighted by atomic mass is 16.2. The molecule has 2 amide bonds. The summed E-state index contributed by atoms with van der Waals surface area (Å²) >= 11 is 0. The molecule has 11 heteroatoms. The first kappa shape index (κ1) is 32.0. The summed E-state index contributed by atoms with van der Waals surface area (Å²) in [5.41, 5.74) is 6.11. The predicted octanol–water partition coefficient (Wildman–Crippen LogP) is 3.62. The molecular weight excluding hydrogens is 602 g/mol. The number of H-pyrrole nitrogens is 1. The molecule has 5 atom stereocenters. The number of benzene rings is 2. The second-order valence-electron chi connectivity index (χ2n) is 13.9. The van der Waals surface area contributed by atoms with Gasteiger partial charge < -0.3 is 20.9 Å². The van der Waals surface area contributed by atoms with E-state index in [9.17, 15) is 14.9 Å². The molecule has 48 heavy (non-hydrogen) atoms. The Labute approximate surface area is 281 Å². The van der Waals surface area contributed by atoms with Crippen LogP contribution < -0.4 is 16.0 Å². The summed E-state index contributed by atoms with van der Waals surface area (Å²) in [6.45, 7) is 9.77. The number of nitrogens with zero attached hydrogens (tertiary/aromatic N) is 5. The zero-order chi connectivity index (χ0) is 33.4. The Kier molecular flexibility index (Phi) is 8.77. The topological polar surface area (TPSA) is 152 Å². The number of tetrazole rings is 1. The SMILES string of the molecule is C=C(NCC)c1ccc2c(c1)CCc1cc(C(=O)NCC)ccc1C2(C[C@H](NCC(=O)N1C(C#N)C[C@@H]2C[C@@H]21)C1CCC1)c1nn[nH]n1. The first-order valence-electron chi connectivity index (χ1n) is 17.5. The van der Waals surface area contributed by atoms with Crippen molar-refractivity contribution in [1.29, 1.82) is 5.26 Å². The Bertz CT molecular complexity index is 1670. The van der Waals surface area contributed by atoms with Crippen molar-refractivity contribution in [2.24, 2.45) is 11.8 Å². The minimum absolute atomic E-state index is 0.00399. The van der Waals surface area contributed by atoms with Crippen LogP contribution in [0, 0.1) is 23.2 Å². The van der Waals surface area contributed by atoms with Crippen LogP contribution >= 0.6 is 0 Å².